The summed E-state index contributed by atoms with van der Waals surface area (Å²) in [5, 5.41) is 3.90. The molecule has 0 radical (unpaired) electrons. The number of sulfonamides is 1. The van der Waals surface area contributed by atoms with Gasteiger partial charge in [-0.1, -0.05) is 0 Å². The Balaban J connectivity index is 2.30. The second-order valence-electron chi connectivity index (χ2n) is 3.99. The first-order valence-electron chi connectivity index (χ1n) is 5.29. The molecule has 18 heavy (non-hydrogen) atoms. The third-order valence-electron chi connectivity index (χ3n) is 2.56. The van der Waals surface area contributed by atoms with Crippen molar-refractivity contribution in [2.45, 2.75) is 11.4 Å². The number of aryl methyl sites for hydroxylation is 2. The van der Waals surface area contributed by atoms with Crippen molar-refractivity contribution >= 4 is 15.7 Å². The molecule has 0 bridgehead atoms. The summed E-state index contributed by atoms with van der Waals surface area (Å²) in [6.45, 7) is 0.291. The molecule has 0 aliphatic rings. The van der Waals surface area contributed by atoms with Gasteiger partial charge >= 0.3 is 0 Å². The van der Waals surface area contributed by atoms with E-state index in [-0.39, 0.29) is 4.90 Å². The molecule has 0 aromatic carbocycles. The number of hydrogen-bond acceptors (Lipinski definition) is 4. The molecule has 2 rings (SSSR count). The minimum Gasteiger partial charge on any atom is -0.352 e. The number of aromatic nitrogens is 3. The number of anilines is 1. The summed E-state index contributed by atoms with van der Waals surface area (Å²) in [5.74, 6) is 0. The van der Waals surface area contributed by atoms with Crippen LogP contribution in [-0.2, 0) is 30.7 Å². The Morgan fingerprint density at radius 3 is 2.61 bits per heavy atom. The summed E-state index contributed by atoms with van der Waals surface area (Å²) < 4.78 is 29.8. The van der Waals surface area contributed by atoms with Crippen LogP contribution in [-0.4, -0.2) is 22.8 Å². The molecule has 0 spiro atoms. The Bertz CT molecular complexity index is 656. The zero-order valence-corrected chi connectivity index (χ0v) is 11.0. The maximum Gasteiger partial charge on any atom is 0.263 e. The fourth-order valence-electron chi connectivity index (χ4n) is 1.61. The average molecular weight is 269 g/mol. The van der Waals surface area contributed by atoms with Crippen molar-refractivity contribution in [3.05, 3.63) is 30.4 Å². The molecule has 0 amide bonds. The molecular weight excluding hydrogens is 254 g/mol. The lowest BCUT2D eigenvalue weighted by Crippen LogP contribution is -2.11. The maximum absolute atomic E-state index is 12.1. The minimum absolute atomic E-state index is 0.189. The van der Waals surface area contributed by atoms with E-state index >= 15 is 0 Å². The van der Waals surface area contributed by atoms with E-state index in [9.17, 15) is 8.42 Å². The van der Waals surface area contributed by atoms with Gasteiger partial charge in [-0.2, -0.15) is 5.10 Å². The summed E-state index contributed by atoms with van der Waals surface area (Å²) in [4.78, 5) is 0.189. The predicted octanol–water partition coefficient (Wildman–Crippen LogP) is 0.0181. The average Bonchev–Trinajstić information content (AvgIpc) is 2.84. The van der Waals surface area contributed by atoms with Gasteiger partial charge in [-0.15, -0.1) is 0 Å². The largest absolute Gasteiger partial charge is 0.352 e. The zero-order chi connectivity index (χ0) is 13.3. The van der Waals surface area contributed by atoms with Crippen molar-refractivity contribution in [1.29, 1.82) is 0 Å². The van der Waals surface area contributed by atoms with Crippen LogP contribution < -0.4 is 10.5 Å². The van der Waals surface area contributed by atoms with Gasteiger partial charge in [0.2, 0.25) is 0 Å². The lowest BCUT2D eigenvalue weighted by atomic mass is 10.4. The number of rotatable bonds is 4. The zero-order valence-electron chi connectivity index (χ0n) is 10.2. The number of nitrogens with zero attached hydrogens (tertiary/aromatic N) is 3. The molecule has 0 saturated carbocycles. The van der Waals surface area contributed by atoms with Gasteiger partial charge < -0.3 is 10.3 Å². The van der Waals surface area contributed by atoms with Crippen LogP contribution >= 0.6 is 0 Å². The lowest BCUT2D eigenvalue weighted by Gasteiger charge is -2.02. The molecule has 0 unspecified atom stereocenters. The van der Waals surface area contributed by atoms with Gasteiger partial charge in [0, 0.05) is 38.7 Å². The molecule has 0 aliphatic heterocycles. The molecular formula is C10H15N5O2S. The van der Waals surface area contributed by atoms with Crippen molar-refractivity contribution in [2.75, 3.05) is 4.72 Å². The normalized spacial score (nSPS) is 11.7. The Morgan fingerprint density at radius 2 is 2.11 bits per heavy atom. The van der Waals surface area contributed by atoms with Gasteiger partial charge in [0.05, 0.1) is 11.9 Å². The van der Waals surface area contributed by atoms with Crippen LogP contribution in [0.25, 0.3) is 0 Å². The second-order valence-corrected chi connectivity index (χ2v) is 5.67. The minimum atomic E-state index is -3.59. The third kappa shape index (κ3) is 2.39. The summed E-state index contributed by atoms with van der Waals surface area (Å²) in [6, 6.07) is 1.55. The van der Waals surface area contributed by atoms with Crippen molar-refractivity contribution in [1.82, 2.24) is 14.3 Å². The number of hydrogen-bond donors (Lipinski definition) is 2. The van der Waals surface area contributed by atoms with Gasteiger partial charge in [0.15, 0.2) is 0 Å². The Hall–Kier alpha value is -1.80. The van der Waals surface area contributed by atoms with Crippen LogP contribution in [0, 0.1) is 0 Å². The van der Waals surface area contributed by atoms with E-state index in [0.717, 1.165) is 5.69 Å². The van der Waals surface area contributed by atoms with E-state index in [0.29, 0.717) is 12.2 Å². The molecule has 0 aliphatic carbocycles. The molecule has 0 atom stereocenters. The molecule has 2 aromatic rings. The molecule has 98 valence electrons. The predicted molar refractivity (Wildman–Crippen MR) is 67.3 cm³/mol. The molecule has 2 aromatic heterocycles. The van der Waals surface area contributed by atoms with Crippen LogP contribution in [0.3, 0.4) is 0 Å². The second kappa shape index (κ2) is 4.46. The van der Waals surface area contributed by atoms with E-state index in [4.69, 9.17) is 5.73 Å². The molecule has 3 N–H and O–H groups in total. The Morgan fingerprint density at radius 1 is 1.39 bits per heavy atom. The van der Waals surface area contributed by atoms with Gasteiger partial charge in [0.25, 0.3) is 10.0 Å². The quantitative estimate of drug-likeness (QED) is 0.818. The number of nitrogens with one attached hydrogen (secondary N) is 1. The van der Waals surface area contributed by atoms with Crippen LogP contribution in [0.5, 0.6) is 0 Å². The highest BCUT2D eigenvalue weighted by atomic mass is 32.2. The smallest absolute Gasteiger partial charge is 0.263 e. The maximum atomic E-state index is 12.1. The van der Waals surface area contributed by atoms with E-state index in [1.165, 1.54) is 17.1 Å². The SMILES string of the molecule is Cn1cc(NS(=O)(=O)c2cc(CN)n(C)c2)cn1. The van der Waals surface area contributed by atoms with Gasteiger partial charge in [0.1, 0.15) is 4.90 Å². The van der Waals surface area contributed by atoms with Crippen molar-refractivity contribution in [3.63, 3.8) is 0 Å². The first-order chi connectivity index (χ1) is 8.42. The van der Waals surface area contributed by atoms with Crippen LogP contribution in [0.4, 0.5) is 5.69 Å². The fraction of sp³-hybridized carbons (Fsp3) is 0.300. The van der Waals surface area contributed by atoms with E-state index in [1.54, 1.807) is 30.9 Å². The summed E-state index contributed by atoms with van der Waals surface area (Å²) in [7, 11) is -0.121. The summed E-state index contributed by atoms with van der Waals surface area (Å²) in [6.07, 6.45) is 4.57. The molecule has 2 heterocycles. The summed E-state index contributed by atoms with van der Waals surface area (Å²) in [5.41, 5.74) is 6.69. The Labute approximate surface area is 105 Å². The van der Waals surface area contributed by atoms with Crippen LogP contribution in [0.2, 0.25) is 0 Å². The molecule has 8 heteroatoms. The molecule has 0 saturated heterocycles. The standard InChI is InChI=1S/C10H15N5O2S/c1-14-7-10(3-9(14)4-11)18(16,17)13-8-5-12-15(2)6-8/h3,5-7,13H,4,11H2,1-2H3. The van der Waals surface area contributed by atoms with Crippen molar-refractivity contribution in [2.24, 2.45) is 19.8 Å². The highest BCUT2D eigenvalue weighted by Gasteiger charge is 2.17. The highest BCUT2D eigenvalue weighted by molar-refractivity contribution is 7.92. The Kier molecular flexibility index (Phi) is 3.14. The van der Waals surface area contributed by atoms with Gasteiger partial charge in [-0.05, 0) is 6.07 Å². The monoisotopic (exact) mass is 269 g/mol. The molecule has 0 fully saturated rings. The van der Waals surface area contributed by atoms with Gasteiger partial charge in [-0.3, -0.25) is 9.40 Å². The topological polar surface area (TPSA) is 94.9 Å². The van der Waals surface area contributed by atoms with E-state index < -0.39 is 10.0 Å². The number of nitrogens with two attached hydrogens (primary N) is 1. The first-order valence-corrected chi connectivity index (χ1v) is 6.77. The summed E-state index contributed by atoms with van der Waals surface area (Å²) >= 11 is 0. The third-order valence-corrected chi connectivity index (χ3v) is 3.91. The van der Waals surface area contributed by atoms with Gasteiger partial charge in [-0.25, -0.2) is 8.42 Å². The van der Waals surface area contributed by atoms with Crippen molar-refractivity contribution < 1.29 is 8.42 Å². The van der Waals surface area contributed by atoms with E-state index in [1.807, 2.05) is 0 Å². The lowest BCUT2D eigenvalue weighted by molar-refractivity contribution is 0.601. The van der Waals surface area contributed by atoms with Crippen molar-refractivity contribution in [3.8, 4) is 0 Å². The fourth-order valence-corrected chi connectivity index (χ4v) is 2.74. The first kappa shape index (κ1) is 12.7. The highest BCUT2D eigenvalue weighted by Crippen LogP contribution is 2.17. The van der Waals surface area contributed by atoms with Crippen LogP contribution in [0.1, 0.15) is 5.69 Å². The van der Waals surface area contributed by atoms with E-state index in [2.05, 4.69) is 9.82 Å². The molecule has 7 nitrogen and oxygen atoms in total. The van der Waals surface area contributed by atoms with Crippen LogP contribution in [0.15, 0.2) is 29.6 Å².